The first-order chi connectivity index (χ1) is 9.42. The average Bonchev–Trinajstić information content (AvgIpc) is 2.69. The summed E-state index contributed by atoms with van der Waals surface area (Å²) in [4.78, 5) is 3.92. The largest absolute Gasteiger partial charge is 0.494 e. The first kappa shape index (κ1) is 14.6. The van der Waals surface area contributed by atoms with Crippen molar-refractivity contribution in [2.24, 2.45) is 0 Å². The molecule has 0 spiro atoms. The van der Waals surface area contributed by atoms with Crippen LogP contribution in [-0.4, -0.2) is 20.0 Å². The monoisotopic (exact) mass is 313 g/mol. The van der Waals surface area contributed by atoms with Gasteiger partial charge in [0.2, 0.25) is 0 Å². The van der Waals surface area contributed by atoms with E-state index >= 15 is 0 Å². The van der Waals surface area contributed by atoms with Gasteiger partial charge in [-0.1, -0.05) is 17.4 Å². The van der Waals surface area contributed by atoms with E-state index in [0.717, 1.165) is 11.3 Å². The lowest BCUT2D eigenvalue weighted by atomic mass is 10.3. The minimum Gasteiger partial charge on any atom is -0.494 e. The molecule has 1 aromatic heterocycles. The van der Waals surface area contributed by atoms with E-state index in [1.165, 1.54) is 0 Å². The summed E-state index contributed by atoms with van der Waals surface area (Å²) in [6, 6.07) is 6.76. The van der Waals surface area contributed by atoms with Crippen LogP contribution in [0.5, 0.6) is 5.75 Å². The molecule has 0 aliphatic rings. The van der Waals surface area contributed by atoms with Gasteiger partial charge in [0.15, 0.2) is 9.34 Å². The maximum Gasteiger partial charge on any atom is 0.273 e. The molecule has 0 unspecified atom stereocenters. The van der Waals surface area contributed by atoms with Gasteiger partial charge in [-0.05, 0) is 26.0 Å². The van der Waals surface area contributed by atoms with Crippen LogP contribution in [0.4, 0.5) is 10.8 Å². The molecule has 8 heteroatoms. The number of hydrogen-bond donors (Lipinski definition) is 2. The van der Waals surface area contributed by atoms with Gasteiger partial charge >= 0.3 is 0 Å². The quantitative estimate of drug-likeness (QED) is 0.882. The highest BCUT2D eigenvalue weighted by molar-refractivity contribution is 7.94. The Bertz CT molecular complexity index is 710. The molecule has 0 fully saturated rings. The lowest BCUT2D eigenvalue weighted by molar-refractivity contribution is 0.340. The Labute approximate surface area is 121 Å². The molecule has 0 aliphatic heterocycles. The normalized spacial score (nSPS) is 11.3. The number of nitrogens with one attached hydrogen (secondary N) is 1. The number of nitrogens with zero attached hydrogens (tertiary/aromatic N) is 1. The van der Waals surface area contributed by atoms with Crippen molar-refractivity contribution in [2.75, 3.05) is 17.1 Å². The van der Waals surface area contributed by atoms with Crippen LogP contribution in [0.2, 0.25) is 0 Å². The highest BCUT2D eigenvalue weighted by Gasteiger charge is 2.21. The first-order valence-electron chi connectivity index (χ1n) is 5.91. The molecular formula is C12H15N3O3S2. The van der Waals surface area contributed by atoms with Crippen LogP contribution in [0.3, 0.4) is 0 Å². The van der Waals surface area contributed by atoms with Gasteiger partial charge in [-0.15, -0.1) is 0 Å². The molecule has 1 aromatic carbocycles. The molecule has 3 N–H and O–H groups in total. The number of hydrogen-bond acceptors (Lipinski definition) is 6. The van der Waals surface area contributed by atoms with Crippen molar-refractivity contribution >= 4 is 32.2 Å². The van der Waals surface area contributed by atoms with Gasteiger partial charge in [0, 0.05) is 6.07 Å². The minimum atomic E-state index is -3.68. The maximum atomic E-state index is 12.3. The van der Waals surface area contributed by atoms with E-state index in [2.05, 4.69) is 9.71 Å². The number of sulfonamides is 1. The SMILES string of the molecule is CCOc1cccc(NS(=O)(=O)c2sc(N)nc2C)c1. The third-order valence-electron chi connectivity index (χ3n) is 2.41. The van der Waals surface area contributed by atoms with Crippen LogP contribution < -0.4 is 15.2 Å². The molecule has 6 nitrogen and oxygen atoms in total. The van der Waals surface area contributed by atoms with Gasteiger partial charge in [0.25, 0.3) is 10.0 Å². The summed E-state index contributed by atoms with van der Waals surface area (Å²) in [6.07, 6.45) is 0. The van der Waals surface area contributed by atoms with Crippen molar-refractivity contribution in [3.05, 3.63) is 30.0 Å². The average molecular weight is 313 g/mol. The summed E-state index contributed by atoms with van der Waals surface area (Å²) in [5.74, 6) is 0.605. The van der Waals surface area contributed by atoms with Crippen LogP contribution in [0.15, 0.2) is 28.5 Å². The molecule has 2 rings (SSSR count). The molecule has 1 heterocycles. The van der Waals surface area contributed by atoms with E-state index in [4.69, 9.17) is 10.5 Å². The van der Waals surface area contributed by atoms with Gasteiger partial charge in [-0.2, -0.15) is 0 Å². The lowest BCUT2D eigenvalue weighted by Gasteiger charge is -2.08. The number of nitrogens with two attached hydrogens (primary N) is 1. The van der Waals surface area contributed by atoms with Gasteiger partial charge in [0.1, 0.15) is 5.75 Å². The molecule has 0 atom stereocenters. The number of thiazole rings is 1. The number of nitrogen functional groups attached to an aromatic ring is 1. The summed E-state index contributed by atoms with van der Waals surface area (Å²) < 4.78 is 32.5. The third kappa shape index (κ3) is 3.20. The van der Waals surface area contributed by atoms with Crippen molar-refractivity contribution in [2.45, 2.75) is 18.1 Å². The Morgan fingerprint density at radius 3 is 2.80 bits per heavy atom. The van der Waals surface area contributed by atoms with Crippen molar-refractivity contribution in [1.82, 2.24) is 4.98 Å². The van der Waals surface area contributed by atoms with E-state index in [1.54, 1.807) is 31.2 Å². The number of anilines is 2. The number of rotatable bonds is 5. The van der Waals surface area contributed by atoms with Gasteiger partial charge in [0.05, 0.1) is 18.0 Å². The predicted molar refractivity (Wildman–Crippen MR) is 79.7 cm³/mol. The zero-order valence-electron chi connectivity index (χ0n) is 11.1. The predicted octanol–water partition coefficient (Wildman–Crippen LogP) is 2.23. The fourth-order valence-corrected chi connectivity index (χ4v) is 4.02. The van der Waals surface area contributed by atoms with Crippen molar-refractivity contribution < 1.29 is 13.2 Å². The maximum absolute atomic E-state index is 12.3. The second-order valence-electron chi connectivity index (χ2n) is 3.99. The van der Waals surface area contributed by atoms with E-state index in [0.29, 0.717) is 23.7 Å². The molecule has 0 saturated heterocycles. The van der Waals surface area contributed by atoms with Crippen LogP contribution in [-0.2, 0) is 10.0 Å². The number of benzene rings is 1. The second kappa shape index (κ2) is 5.68. The Morgan fingerprint density at radius 2 is 2.20 bits per heavy atom. The lowest BCUT2D eigenvalue weighted by Crippen LogP contribution is -2.12. The number of aromatic nitrogens is 1. The van der Waals surface area contributed by atoms with Crippen molar-refractivity contribution in [3.8, 4) is 5.75 Å². The third-order valence-corrected chi connectivity index (χ3v) is 5.39. The fraction of sp³-hybridized carbons (Fsp3) is 0.250. The zero-order chi connectivity index (χ0) is 14.8. The topological polar surface area (TPSA) is 94.3 Å². The highest BCUT2D eigenvalue weighted by atomic mass is 32.2. The van der Waals surface area contributed by atoms with E-state index < -0.39 is 10.0 Å². The van der Waals surface area contributed by atoms with E-state index in [1.807, 2.05) is 6.92 Å². The van der Waals surface area contributed by atoms with Crippen molar-refractivity contribution in [3.63, 3.8) is 0 Å². The Morgan fingerprint density at radius 1 is 1.45 bits per heavy atom. The van der Waals surface area contributed by atoms with E-state index in [9.17, 15) is 8.42 Å². The van der Waals surface area contributed by atoms with Gasteiger partial charge in [-0.25, -0.2) is 13.4 Å². The molecule has 0 radical (unpaired) electrons. The minimum absolute atomic E-state index is 0.122. The second-order valence-corrected chi connectivity index (χ2v) is 6.90. The number of ether oxygens (including phenoxy) is 1. The highest BCUT2D eigenvalue weighted by Crippen LogP contribution is 2.27. The summed E-state index contributed by atoms with van der Waals surface area (Å²) in [6.45, 7) is 3.99. The van der Waals surface area contributed by atoms with Crippen LogP contribution >= 0.6 is 11.3 Å². The molecule has 0 bridgehead atoms. The van der Waals surface area contributed by atoms with Crippen LogP contribution in [0.1, 0.15) is 12.6 Å². The molecule has 0 saturated carbocycles. The first-order valence-corrected chi connectivity index (χ1v) is 8.21. The van der Waals surface area contributed by atoms with Crippen LogP contribution in [0.25, 0.3) is 0 Å². The molecular weight excluding hydrogens is 298 g/mol. The van der Waals surface area contributed by atoms with Gasteiger partial charge in [-0.3, -0.25) is 4.72 Å². The fourth-order valence-electron chi connectivity index (χ4n) is 1.67. The molecule has 108 valence electrons. The Balaban J connectivity index is 2.28. The summed E-state index contributed by atoms with van der Waals surface area (Å²) in [7, 11) is -3.68. The Hall–Kier alpha value is -1.80. The summed E-state index contributed by atoms with van der Waals surface area (Å²) in [5.41, 5.74) is 6.35. The van der Waals surface area contributed by atoms with Gasteiger partial charge < -0.3 is 10.5 Å². The van der Waals surface area contributed by atoms with Crippen LogP contribution in [0, 0.1) is 6.92 Å². The smallest absolute Gasteiger partial charge is 0.273 e. The molecule has 0 aliphatic carbocycles. The van der Waals surface area contributed by atoms with E-state index in [-0.39, 0.29) is 9.34 Å². The molecule has 2 aromatic rings. The molecule has 20 heavy (non-hydrogen) atoms. The number of aryl methyl sites for hydroxylation is 1. The summed E-state index contributed by atoms with van der Waals surface area (Å²) >= 11 is 0.940. The Kier molecular flexibility index (Phi) is 4.15. The molecule has 0 amide bonds. The summed E-state index contributed by atoms with van der Waals surface area (Å²) in [5, 5.41) is 0.228. The standard InChI is InChI=1S/C12H15N3O3S2/c1-3-18-10-6-4-5-9(7-10)15-20(16,17)11-8(2)14-12(13)19-11/h4-7,15H,3H2,1-2H3,(H2,13,14). The van der Waals surface area contributed by atoms with Crippen molar-refractivity contribution in [1.29, 1.82) is 0 Å². The zero-order valence-corrected chi connectivity index (χ0v) is 12.7.